The molecule has 0 aliphatic rings. The van der Waals surface area contributed by atoms with Crippen molar-refractivity contribution in [3.63, 3.8) is 0 Å². The summed E-state index contributed by atoms with van der Waals surface area (Å²) in [6, 6.07) is 0. The van der Waals surface area contributed by atoms with E-state index in [0.29, 0.717) is 0 Å². The second-order valence-electron chi connectivity index (χ2n) is 1.87. The minimum atomic E-state index is -4.05. The molecule has 0 radical (unpaired) electrons. The van der Waals surface area contributed by atoms with Gasteiger partial charge in [0.1, 0.15) is 0 Å². The van der Waals surface area contributed by atoms with Crippen molar-refractivity contribution in [2.75, 3.05) is 0 Å². The third-order valence-corrected chi connectivity index (χ3v) is 4.58. The second-order valence-corrected chi connectivity index (χ2v) is 11.1. The maximum Gasteiger partial charge on any atom is -0.344 e. The molecule has 0 rings (SSSR count). The van der Waals surface area contributed by atoms with E-state index >= 15 is 0 Å². The molecular formula is C6H13Cl2NO4Pt. The van der Waals surface area contributed by atoms with Crippen molar-refractivity contribution in [2.24, 2.45) is 0 Å². The summed E-state index contributed by atoms with van der Waals surface area (Å²) >= 11 is -4.05. The summed E-state index contributed by atoms with van der Waals surface area (Å²) in [5.41, 5.74) is 0. The van der Waals surface area contributed by atoms with Crippen LogP contribution < -0.4 is 6.15 Å². The first-order valence-corrected chi connectivity index (χ1v) is 10.9. The van der Waals surface area contributed by atoms with E-state index in [1.165, 1.54) is 0 Å². The van der Waals surface area contributed by atoms with Crippen LogP contribution in [-0.4, -0.2) is 11.9 Å². The molecule has 8 heteroatoms. The molecule has 0 unspecified atom stereocenters. The molecule has 0 aromatic rings. The van der Waals surface area contributed by atoms with E-state index in [4.69, 9.17) is 18.8 Å². The predicted molar refractivity (Wildman–Crippen MR) is 49.5 cm³/mol. The summed E-state index contributed by atoms with van der Waals surface area (Å²) in [5.74, 6) is -1.13. The number of hydrogen-bond acceptors (Lipinski definition) is 5. The topological polar surface area (TPSA) is 87.6 Å². The van der Waals surface area contributed by atoms with Crippen molar-refractivity contribution >= 4 is 30.8 Å². The molecule has 0 heterocycles. The largest absolute Gasteiger partial charge is 0.344 e. The van der Waals surface area contributed by atoms with Crippen LogP contribution in [0.25, 0.3) is 0 Å². The van der Waals surface area contributed by atoms with E-state index in [9.17, 15) is 9.59 Å². The van der Waals surface area contributed by atoms with Crippen molar-refractivity contribution in [3.8, 4) is 0 Å². The van der Waals surface area contributed by atoms with Crippen molar-refractivity contribution in [3.05, 3.63) is 0 Å². The van der Waals surface area contributed by atoms with Crippen LogP contribution in [0.1, 0.15) is 26.7 Å². The van der Waals surface area contributed by atoms with E-state index in [1.54, 1.807) is 13.8 Å². The molecule has 0 bridgehead atoms. The number of rotatable bonds is 4. The second kappa shape index (κ2) is 7.46. The molecule has 0 amide bonds. The van der Waals surface area contributed by atoms with E-state index < -0.39 is 26.7 Å². The smallest absolute Gasteiger partial charge is 0.344 e. The molecule has 0 aliphatic heterocycles. The minimum Gasteiger partial charge on any atom is -0.344 e. The molecule has 0 aliphatic carbocycles. The molecular weight excluding hydrogens is 416 g/mol. The van der Waals surface area contributed by atoms with Gasteiger partial charge >= 0.3 is 88.6 Å². The van der Waals surface area contributed by atoms with Gasteiger partial charge in [0.2, 0.25) is 0 Å². The normalized spacial score (nSPS) is 11.1. The number of hydrogen-bond donors (Lipinski definition) is 1. The zero-order chi connectivity index (χ0) is 10.5. The van der Waals surface area contributed by atoms with Crippen LogP contribution in [0.15, 0.2) is 0 Å². The van der Waals surface area contributed by atoms with Gasteiger partial charge in [-0.1, -0.05) is 0 Å². The molecule has 90 valence electrons. The number of carbonyl (C=O) groups excluding carboxylic acids is 2. The zero-order valence-corrected chi connectivity index (χ0v) is 11.6. The van der Waals surface area contributed by atoms with Crippen LogP contribution in [0, 0.1) is 0 Å². The zero-order valence-electron chi connectivity index (χ0n) is 7.83. The standard InChI is InChI=1S/2C3H6O2.2ClH.H3N.Pt/c2*1-2-3(4)5;;;;/h2*2H2,1H3,(H,4,5);2*1H;1H3;/q;;;;;+4/p-4. The quantitative estimate of drug-likeness (QED) is 0.742. The molecule has 0 fully saturated rings. The maximum absolute atomic E-state index is 10.8. The Balaban J connectivity index is 0. The third-order valence-electron chi connectivity index (χ3n) is 0.872. The Morgan fingerprint density at radius 2 is 1.36 bits per heavy atom. The summed E-state index contributed by atoms with van der Waals surface area (Å²) in [7, 11) is 11.1. The molecule has 0 aromatic carbocycles. The fourth-order valence-corrected chi connectivity index (χ4v) is 4.01. The van der Waals surface area contributed by atoms with Crippen LogP contribution >= 0.6 is 18.8 Å². The fraction of sp³-hybridized carbons (Fsp3) is 0.667. The van der Waals surface area contributed by atoms with Gasteiger partial charge in [-0.3, -0.25) is 0 Å². The Hall–Kier alpha value is 0.168. The first kappa shape index (κ1) is 16.6. The van der Waals surface area contributed by atoms with Gasteiger partial charge in [0.25, 0.3) is 0 Å². The van der Waals surface area contributed by atoms with Crippen molar-refractivity contribution in [1.82, 2.24) is 6.15 Å². The van der Waals surface area contributed by atoms with Gasteiger partial charge in [-0.05, 0) is 0 Å². The molecule has 3 N–H and O–H groups in total. The van der Waals surface area contributed by atoms with E-state index in [2.05, 4.69) is 6.78 Å². The van der Waals surface area contributed by atoms with Crippen LogP contribution in [0.2, 0.25) is 0 Å². The van der Waals surface area contributed by atoms with Crippen LogP contribution in [-0.2, 0) is 31.1 Å². The fourth-order valence-electron chi connectivity index (χ4n) is 0.272. The summed E-state index contributed by atoms with van der Waals surface area (Å²) in [4.78, 5) is 21.5. The minimum absolute atomic E-state index is 0. The summed E-state index contributed by atoms with van der Waals surface area (Å²) in [5, 5.41) is 0. The number of carbonyl (C=O) groups is 2. The van der Waals surface area contributed by atoms with Crippen molar-refractivity contribution in [2.45, 2.75) is 26.7 Å². The Labute approximate surface area is 94.6 Å². The van der Waals surface area contributed by atoms with Gasteiger partial charge in [-0.25, -0.2) is 0 Å². The molecule has 0 saturated heterocycles. The Bertz CT molecular complexity index is 192. The Morgan fingerprint density at radius 3 is 1.57 bits per heavy atom. The Morgan fingerprint density at radius 1 is 1.07 bits per heavy atom. The predicted octanol–water partition coefficient (Wildman–Crippen LogP) is 2.35. The summed E-state index contributed by atoms with van der Waals surface area (Å²) in [6.07, 6.45) is 0.294. The van der Waals surface area contributed by atoms with E-state index in [1.807, 2.05) is 0 Å². The summed E-state index contributed by atoms with van der Waals surface area (Å²) in [6.45, 7) is 3.18. The van der Waals surface area contributed by atoms with E-state index in [-0.39, 0.29) is 19.0 Å². The first-order valence-electron chi connectivity index (χ1n) is 3.44. The average Bonchev–Trinajstić information content (AvgIpc) is 2.02. The average molecular weight is 429 g/mol. The molecule has 0 saturated carbocycles. The van der Waals surface area contributed by atoms with Crippen molar-refractivity contribution < 1.29 is 31.1 Å². The van der Waals surface area contributed by atoms with Gasteiger partial charge in [0, 0.05) is 0 Å². The van der Waals surface area contributed by atoms with E-state index in [0.717, 1.165) is 0 Å². The Kier molecular flexibility index (Phi) is 8.84. The molecule has 0 atom stereocenters. The van der Waals surface area contributed by atoms with Gasteiger partial charge < -0.3 is 6.15 Å². The SMILES string of the molecule is CCC(=O)[O][Pt]([Cl])([Cl])[O]C(=O)CC.N. The van der Waals surface area contributed by atoms with Gasteiger partial charge in [-0.2, -0.15) is 0 Å². The molecule has 0 spiro atoms. The molecule has 5 nitrogen and oxygen atoms in total. The van der Waals surface area contributed by atoms with Crippen molar-refractivity contribution in [1.29, 1.82) is 0 Å². The van der Waals surface area contributed by atoms with Gasteiger partial charge in [0.15, 0.2) is 0 Å². The molecule has 14 heavy (non-hydrogen) atoms. The number of halogens is 2. The van der Waals surface area contributed by atoms with Gasteiger partial charge in [0.05, 0.1) is 0 Å². The maximum atomic E-state index is 10.8. The summed E-state index contributed by atoms with van der Waals surface area (Å²) < 4.78 is 9.18. The van der Waals surface area contributed by atoms with Gasteiger partial charge in [-0.15, -0.1) is 0 Å². The van der Waals surface area contributed by atoms with Crippen LogP contribution in [0.4, 0.5) is 0 Å². The third kappa shape index (κ3) is 7.56. The van der Waals surface area contributed by atoms with Crippen LogP contribution in [0.5, 0.6) is 0 Å². The molecule has 0 aromatic heterocycles. The first-order chi connectivity index (χ1) is 5.91. The monoisotopic (exact) mass is 428 g/mol. The van der Waals surface area contributed by atoms with Crippen LogP contribution in [0.3, 0.4) is 0 Å².